The van der Waals surface area contributed by atoms with Crippen LogP contribution in [-0.4, -0.2) is 25.8 Å². The van der Waals surface area contributed by atoms with Gasteiger partial charge in [-0.25, -0.2) is 0 Å². The number of benzene rings is 1. The third kappa shape index (κ3) is 2.32. The minimum Gasteiger partial charge on any atom is -0.486 e. The fourth-order valence-electron chi connectivity index (χ4n) is 3.15. The monoisotopic (exact) mass is 259 g/mol. The first-order valence-electron chi connectivity index (χ1n) is 7.53. The van der Waals surface area contributed by atoms with E-state index in [2.05, 4.69) is 23.5 Å². The lowest BCUT2D eigenvalue weighted by atomic mass is 9.70. The van der Waals surface area contributed by atoms with E-state index >= 15 is 0 Å². The van der Waals surface area contributed by atoms with Gasteiger partial charge >= 0.3 is 0 Å². The Morgan fingerprint density at radius 3 is 2.58 bits per heavy atom. The highest BCUT2D eigenvalue weighted by molar-refractivity contribution is 5.45. The number of rotatable bonds is 4. The molecule has 2 aliphatic carbocycles. The molecule has 0 saturated heterocycles. The van der Waals surface area contributed by atoms with Gasteiger partial charge in [-0.15, -0.1) is 0 Å². The maximum absolute atomic E-state index is 5.69. The van der Waals surface area contributed by atoms with Crippen LogP contribution in [-0.2, 0) is 0 Å². The van der Waals surface area contributed by atoms with Crippen LogP contribution in [0.4, 0.5) is 0 Å². The topological polar surface area (TPSA) is 30.5 Å². The fourth-order valence-corrected chi connectivity index (χ4v) is 3.15. The van der Waals surface area contributed by atoms with E-state index in [0.717, 1.165) is 23.5 Å². The number of ether oxygens (including phenoxy) is 2. The third-order valence-electron chi connectivity index (χ3n) is 4.66. The van der Waals surface area contributed by atoms with Crippen LogP contribution in [0.25, 0.3) is 0 Å². The third-order valence-corrected chi connectivity index (χ3v) is 4.66. The van der Waals surface area contributed by atoms with Gasteiger partial charge in [0.1, 0.15) is 13.2 Å². The van der Waals surface area contributed by atoms with Crippen molar-refractivity contribution in [2.75, 3.05) is 19.8 Å². The number of nitrogens with one attached hydrogen (secondary N) is 1. The normalized spacial score (nSPS) is 28.8. The first-order chi connectivity index (χ1) is 9.40. The molecule has 3 heteroatoms. The standard InChI is InChI=1S/C16H21NO2/c1-5-14(12(1)10-17-13-3-4-13)11-2-6-15-16(9-11)19-8-7-18-15/h2,6,9,12-14,17H,1,3-5,7-8,10H2. The number of fused-ring (bicyclic) bond motifs is 1. The van der Waals surface area contributed by atoms with Crippen molar-refractivity contribution in [2.24, 2.45) is 5.92 Å². The van der Waals surface area contributed by atoms with Crippen molar-refractivity contribution in [3.05, 3.63) is 23.8 Å². The Bertz CT molecular complexity index is 470. The molecule has 2 atom stereocenters. The summed E-state index contributed by atoms with van der Waals surface area (Å²) in [5.74, 6) is 3.36. The SMILES string of the molecule is c1cc2c(cc1C1CCC1CNC1CC1)OCCO2. The molecule has 1 N–H and O–H groups in total. The van der Waals surface area contributed by atoms with E-state index in [1.165, 1.54) is 37.8 Å². The van der Waals surface area contributed by atoms with Gasteiger partial charge in [0, 0.05) is 6.04 Å². The van der Waals surface area contributed by atoms with Crippen LogP contribution in [0.15, 0.2) is 18.2 Å². The molecule has 1 aromatic carbocycles. The average molecular weight is 259 g/mol. The molecule has 3 aliphatic rings. The highest BCUT2D eigenvalue weighted by Gasteiger charge is 2.34. The summed E-state index contributed by atoms with van der Waals surface area (Å²) in [6.45, 7) is 2.53. The van der Waals surface area contributed by atoms with Crippen LogP contribution < -0.4 is 14.8 Å². The summed E-state index contributed by atoms with van der Waals surface area (Å²) in [5.41, 5.74) is 1.43. The predicted molar refractivity (Wildman–Crippen MR) is 73.9 cm³/mol. The maximum atomic E-state index is 5.69. The second kappa shape index (κ2) is 4.71. The quantitative estimate of drug-likeness (QED) is 0.902. The molecule has 1 heterocycles. The van der Waals surface area contributed by atoms with Gasteiger partial charge in [0.15, 0.2) is 11.5 Å². The van der Waals surface area contributed by atoms with Gasteiger partial charge < -0.3 is 14.8 Å². The van der Waals surface area contributed by atoms with Gasteiger partial charge in [-0.2, -0.15) is 0 Å². The first-order valence-corrected chi connectivity index (χ1v) is 7.53. The molecule has 4 rings (SSSR count). The van der Waals surface area contributed by atoms with E-state index in [1.54, 1.807) is 0 Å². The molecule has 3 nitrogen and oxygen atoms in total. The van der Waals surface area contributed by atoms with Crippen LogP contribution in [0.1, 0.15) is 37.2 Å². The molecule has 2 fully saturated rings. The Balaban J connectivity index is 1.45. The molecular formula is C16H21NO2. The zero-order valence-electron chi connectivity index (χ0n) is 11.2. The first kappa shape index (κ1) is 11.6. The Morgan fingerprint density at radius 1 is 1.00 bits per heavy atom. The fraction of sp³-hybridized carbons (Fsp3) is 0.625. The predicted octanol–water partition coefficient (Wildman–Crippen LogP) is 2.70. The zero-order valence-corrected chi connectivity index (χ0v) is 11.2. The van der Waals surface area contributed by atoms with Crippen LogP contribution in [0, 0.1) is 5.92 Å². The maximum Gasteiger partial charge on any atom is 0.161 e. The van der Waals surface area contributed by atoms with E-state index in [-0.39, 0.29) is 0 Å². The smallest absolute Gasteiger partial charge is 0.161 e. The van der Waals surface area contributed by atoms with E-state index < -0.39 is 0 Å². The average Bonchev–Trinajstić information content (AvgIpc) is 3.22. The van der Waals surface area contributed by atoms with Crippen molar-refractivity contribution >= 4 is 0 Å². The molecule has 0 spiro atoms. The summed E-state index contributed by atoms with van der Waals surface area (Å²) in [6, 6.07) is 7.32. The highest BCUT2D eigenvalue weighted by atomic mass is 16.6. The molecular weight excluding hydrogens is 238 g/mol. The number of hydrogen-bond acceptors (Lipinski definition) is 3. The lowest BCUT2D eigenvalue weighted by Gasteiger charge is -2.37. The molecule has 102 valence electrons. The molecule has 2 unspecified atom stereocenters. The minimum absolute atomic E-state index is 0.670. The van der Waals surface area contributed by atoms with Crippen molar-refractivity contribution in [1.82, 2.24) is 5.32 Å². The van der Waals surface area contributed by atoms with Gasteiger partial charge in [-0.1, -0.05) is 6.07 Å². The van der Waals surface area contributed by atoms with E-state index in [4.69, 9.17) is 9.47 Å². The number of hydrogen-bond donors (Lipinski definition) is 1. The van der Waals surface area contributed by atoms with Crippen molar-refractivity contribution in [2.45, 2.75) is 37.6 Å². The molecule has 19 heavy (non-hydrogen) atoms. The lowest BCUT2D eigenvalue weighted by Crippen LogP contribution is -2.34. The summed E-state index contributed by atoms with van der Waals surface area (Å²) >= 11 is 0. The van der Waals surface area contributed by atoms with Crippen molar-refractivity contribution in [3.63, 3.8) is 0 Å². The largest absolute Gasteiger partial charge is 0.486 e. The van der Waals surface area contributed by atoms with Gasteiger partial charge in [0.25, 0.3) is 0 Å². The zero-order chi connectivity index (χ0) is 12.7. The Labute approximate surface area is 114 Å². The summed E-state index contributed by atoms with van der Waals surface area (Å²) in [7, 11) is 0. The Hall–Kier alpha value is -1.22. The van der Waals surface area contributed by atoms with E-state index in [1.807, 2.05) is 0 Å². The lowest BCUT2D eigenvalue weighted by molar-refractivity contribution is 0.170. The van der Waals surface area contributed by atoms with Crippen LogP contribution in [0.3, 0.4) is 0 Å². The summed E-state index contributed by atoms with van der Waals surface area (Å²) in [4.78, 5) is 0. The van der Waals surface area contributed by atoms with Crippen LogP contribution >= 0.6 is 0 Å². The van der Waals surface area contributed by atoms with Crippen molar-refractivity contribution in [1.29, 1.82) is 0 Å². The second-order valence-corrected chi connectivity index (χ2v) is 6.03. The summed E-state index contributed by atoms with van der Waals surface area (Å²) in [6.07, 6.45) is 5.43. The summed E-state index contributed by atoms with van der Waals surface area (Å²) in [5, 5.41) is 3.66. The second-order valence-electron chi connectivity index (χ2n) is 6.03. The Morgan fingerprint density at radius 2 is 1.84 bits per heavy atom. The van der Waals surface area contributed by atoms with Crippen molar-refractivity contribution in [3.8, 4) is 11.5 Å². The van der Waals surface area contributed by atoms with Crippen LogP contribution in [0.5, 0.6) is 11.5 Å². The molecule has 2 saturated carbocycles. The molecule has 0 radical (unpaired) electrons. The molecule has 1 aliphatic heterocycles. The van der Waals surface area contributed by atoms with Gasteiger partial charge in [0.05, 0.1) is 0 Å². The van der Waals surface area contributed by atoms with E-state index in [0.29, 0.717) is 19.1 Å². The molecule has 0 aromatic heterocycles. The minimum atomic E-state index is 0.670. The summed E-state index contributed by atoms with van der Waals surface area (Å²) < 4.78 is 11.3. The Kier molecular flexibility index (Phi) is 2.87. The molecule has 0 amide bonds. The van der Waals surface area contributed by atoms with Gasteiger partial charge in [-0.3, -0.25) is 0 Å². The van der Waals surface area contributed by atoms with Crippen molar-refractivity contribution < 1.29 is 9.47 Å². The molecule has 0 bridgehead atoms. The van der Waals surface area contributed by atoms with Gasteiger partial charge in [0.2, 0.25) is 0 Å². The molecule has 1 aromatic rings. The highest BCUT2D eigenvalue weighted by Crippen LogP contribution is 2.45. The van der Waals surface area contributed by atoms with Crippen LogP contribution in [0.2, 0.25) is 0 Å². The van der Waals surface area contributed by atoms with E-state index in [9.17, 15) is 0 Å². The van der Waals surface area contributed by atoms with Gasteiger partial charge in [-0.05, 0) is 61.8 Å².